The van der Waals surface area contributed by atoms with E-state index >= 15 is 0 Å². The van der Waals surface area contributed by atoms with Crippen LogP contribution in [-0.4, -0.2) is 19.3 Å². The largest absolute Gasteiger partial charge is 0.490 e. The maximum Gasteiger partial charge on any atom is 0.417 e. The number of benzene rings is 2. The van der Waals surface area contributed by atoms with Gasteiger partial charge in [-0.25, -0.2) is 4.79 Å². The van der Waals surface area contributed by atoms with E-state index in [-0.39, 0.29) is 11.5 Å². The van der Waals surface area contributed by atoms with Crippen LogP contribution in [0.2, 0.25) is 0 Å². The van der Waals surface area contributed by atoms with Gasteiger partial charge in [0, 0.05) is 12.1 Å². The van der Waals surface area contributed by atoms with E-state index in [9.17, 15) is 9.18 Å². The molecule has 0 saturated carbocycles. The van der Waals surface area contributed by atoms with Gasteiger partial charge in [-0.2, -0.15) is 4.39 Å². The van der Waals surface area contributed by atoms with Crippen molar-refractivity contribution in [2.24, 2.45) is 0 Å². The summed E-state index contributed by atoms with van der Waals surface area (Å²) in [4.78, 5) is 12.1. The second-order valence-electron chi connectivity index (χ2n) is 6.02. The van der Waals surface area contributed by atoms with Crippen LogP contribution in [0.5, 0.6) is 17.2 Å². The van der Waals surface area contributed by atoms with E-state index in [1.54, 1.807) is 24.3 Å². The molecule has 5 nitrogen and oxygen atoms in total. The van der Waals surface area contributed by atoms with Crippen LogP contribution in [0, 0.1) is 5.82 Å². The number of halogens is 1. The molecule has 0 unspecified atom stereocenters. The fourth-order valence-corrected chi connectivity index (χ4v) is 2.25. The van der Waals surface area contributed by atoms with Gasteiger partial charge in [-0.3, -0.25) is 5.32 Å². The Bertz CT molecular complexity index is 690. The molecule has 0 aliphatic rings. The fourth-order valence-electron chi connectivity index (χ4n) is 2.25. The van der Waals surface area contributed by atoms with Crippen LogP contribution in [0.3, 0.4) is 0 Å². The predicted molar refractivity (Wildman–Crippen MR) is 103 cm³/mol. The van der Waals surface area contributed by atoms with Crippen molar-refractivity contribution >= 4 is 11.8 Å². The van der Waals surface area contributed by atoms with Crippen LogP contribution in [-0.2, 0) is 0 Å². The first-order chi connectivity index (χ1) is 13.1. The van der Waals surface area contributed by atoms with E-state index in [1.165, 1.54) is 12.1 Å². The van der Waals surface area contributed by atoms with Gasteiger partial charge >= 0.3 is 6.09 Å². The molecule has 2 aromatic carbocycles. The second kappa shape index (κ2) is 11.1. The van der Waals surface area contributed by atoms with E-state index in [0.29, 0.717) is 24.7 Å². The molecular weight excluding hydrogens is 349 g/mol. The molecule has 0 radical (unpaired) electrons. The summed E-state index contributed by atoms with van der Waals surface area (Å²) < 4.78 is 30.8. The first-order valence-corrected chi connectivity index (χ1v) is 9.27. The summed E-state index contributed by atoms with van der Waals surface area (Å²) in [5, 5.41) is 2.59. The molecule has 6 heteroatoms. The highest BCUT2D eigenvalue weighted by Gasteiger charge is 2.16. The van der Waals surface area contributed by atoms with E-state index in [1.807, 2.05) is 19.9 Å². The number of amides is 1. The standard InChI is InChI=1S/C21H26FNO4/c1-3-5-12-25-18-14-16(15-19(20(18)22)26-13-6-4-2)23-21(24)27-17-10-8-7-9-11-17/h7-11,14-15H,3-6,12-13H2,1-2H3,(H,23,24). The zero-order valence-corrected chi connectivity index (χ0v) is 15.8. The highest BCUT2D eigenvalue weighted by atomic mass is 19.1. The van der Waals surface area contributed by atoms with Crippen LogP contribution in [0.25, 0.3) is 0 Å². The van der Waals surface area contributed by atoms with E-state index in [0.717, 1.165) is 25.7 Å². The predicted octanol–water partition coefficient (Wildman–Crippen LogP) is 5.79. The Balaban J connectivity index is 2.13. The number of ether oxygens (including phenoxy) is 3. The van der Waals surface area contributed by atoms with Crippen molar-refractivity contribution in [3.8, 4) is 17.2 Å². The molecule has 0 aliphatic carbocycles. The normalized spacial score (nSPS) is 10.3. The molecule has 0 bridgehead atoms. The van der Waals surface area contributed by atoms with Gasteiger partial charge < -0.3 is 14.2 Å². The summed E-state index contributed by atoms with van der Waals surface area (Å²) in [5.74, 6) is -0.0555. The average molecular weight is 375 g/mol. The Hall–Kier alpha value is -2.76. The second-order valence-corrected chi connectivity index (χ2v) is 6.02. The number of unbranched alkanes of at least 4 members (excludes halogenated alkanes) is 2. The van der Waals surface area contributed by atoms with Gasteiger partial charge in [0.15, 0.2) is 11.5 Å². The van der Waals surface area contributed by atoms with E-state index < -0.39 is 11.9 Å². The minimum absolute atomic E-state index is 0.0486. The smallest absolute Gasteiger partial charge is 0.417 e. The lowest BCUT2D eigenvalue weighted by Gasteiger charge is -2.14. The molecule has 1 amide bonds. The monoisotopic (exact) mass is 375 g/mol. The molecule has 0 heterocycles. The Labute approximate surface area is 159 Å². The summed E-state index contributed by atoms with van der Waals surface area (Å²) in [5.41, 5.74) is 0.343. The van der Waals surface area contributed by atoms with Crippen molar-refractivity contribution in [3.63, 3.8) is 0 Å². The summed E-state index contributed by atoms with van der Waals surface area (Å²) in [6, 6.07) is 11.6. The number of carbonyl (C=O) groups excluding carboxylic acids is 1. The third kappa shape index (κ3) is 6.81. The molecule has 0 atom stereocenters. The summed E-state index contributed by atoms with van der Waals surface area (Å²) >= 11 is 0. The third-order valence-corrected chi connectivity index (χ3v) is 3.72. The number of carbonyl (C=O) groups is 1. The van der Waals surface area contributed by atoms with Crippen molar-refractivity contribution in [1.82, 2.24) is 0 Å². The molecular formula is C21H26FNO4. The quantitative estimate of drug-likeness (QED) is 0.534. The maximum atomic E-state index is 14.6. The fraction of sp³-hybridized carbons (Fsp3) is 0.381. The van der Waals surface area contributed by atoms with Crippen LogP contribution >= 0.6 is 0 Å². The molecule has 27 heavy (non-hydrogen) atoms. The lowest BCUT2D eigenvalue weighted by molar-refractivity contribution is 0.215. The van der Waals surface area contributed by atoms with Crippen molar-refractivity contribution in [3.05, 3.63) is 48.3 Å². The van der Waals surface area contributed by atoms with E-state index in [2.05, 4.69) is 5.32 Å². The van der Waals surface area contributed by atoms with Gasteiger partial charge in [-0.05, 0) is 25.0 Å². The molecule has 0 saturated heterocycles. The minimum atomic E-state index is -0.674. The van der Waals surface area contributed by atoms with Crippen molar-refractivity contribution < 1.29 is 23.4 Å². The zero-order valence-electron chi connectivity index (χ0n) is 15.8. The molecule has 2 aromatic rings. The maximum absolute atomic E-state index is 14.6. The number of para-hydroxylation sites is 1. The van der Waals surface area contributed by atoms with Crippen molar-refractivity contribution in [2.45, 2.75) is 39.5 Å². The van der Waals surface area contributed by atoms with Crippen LogP contribution in [0.4, 0.5) is 14.9 Å². The number of hydrogen-bond donors (Lipinski definition) is 1. The molecule has 146 valence electrons. The first-order valence-electron chi connectivity index (χ1n) is 9.27. The van der Waals surface area contributed by atoms with Gasteiger partial charge in [0.05, 0.1) is 18.9 Å². The van der Waals surface area contributed by atoms with E-state index in [4.69, 9.17) is 14.2 Å². The molecule has 0 spiro atoms. The minimum Gasteiger partial charge on any atom is -0.490 e. The first kappa shape index (κ1) is 20.6. The lowest BCUT2D eigenvalue weighted by Crippen LogP contribution is -2.17. The Morgan fingerprint density at radius 3 is 2.04 bits per heavy atom. The molecule has 0 aromatic heterocycles. The van der Waals surface area contributed by atoms with Crippen LogP contribution in [0.15, 0.2) is 42.5 Å². The SMILES string of the molecule is CCCCOc1cc(NC(=O)Oc2ccccc2)cc(OCCCC)c1F. The number of hydrogen-bond acceptors (Lipinski definition) is 4. The topological polar surface area (TPSA) is 56.8 Å². The summed E-state index contributed by atoms with van der Waals surface area (Å²) in [7, 11) is 0. The van der Waals surface area contributed by atoms with Crippen LogP contribution in [0.1, 0.15) is 39.5 Å². The number of nitrogens with one attached hydrogen (secondary N) is 1. The Morgan fingerprint density at radius 2 is 1.52 bits per heavy atom. The summed E-state index contributed by atoms with van der Waals surface area (Å²) in [6.45, 7) is 4.83. The van der Waals surface area contributed by atoms with Gasteiger partial charge in [0.1, 0.15) is 5.75 Å². The number of anilines is 1. The van der Waals surface area contributed by atoms with Gasteiger partial charge in [-0.1, -0.05) is 44.9 Å². The van der Waals surface area contributed by atoms with Crippen molar-refractivity contribution in [2.75, 3.05) is 18.5 Å². The Kier molecular flexibility index (Phi) is 8.42. The number of rotatable bonds is 10. The Morgan fingerprint density at radius 1 is 0.963 bits per heavy atom. The molecule has 0 aliphatic heterocycles. The van der Waals surface area contributed by atoms with Gasteiger partial charge in [-0.15, -0.1) is 0 Å². The van der Waals surface area contributed by atoms with Gasteiger partial charge in [0.2, 0.25) is 5.82 Å². The third-order valence-electron chi connectivity index (χ3n) is 3.72. The zero-order chi connectivity index (χ0) is 19.5. The van der Waals surface area contributed by atoms with Crippen molar-refractivity contribution in [1.29, 1.82) is 0 Å². The molecule has 0 fully saturated rings. The highest BCUT2D eigenvalue weighted by Crippen LogP contribution is 2.32. The molecule has 1 N–H and O–H groups in total. The lowest BCUT2D eigenvalue weighted by atomic mass is 10.2. The van der Waals surface area contributed by atoms with Gasteiger partial charge in [0.25, 0.3) is 0 Å². The summed E-state index contributed by atoms with van der Waals surface area (Å²) in [6.07, 6.45) is 2.80. The molecule has 2 rings (SSSR count). The highest BCUT2D eigenvalue weighted by molar-refractivity contribution is 5.87. The van der Waals surface area contributed by atoms with Crippen LogP contribution < -0.4 is 19.5 Å². The average Bonchev–Trinajstić information content (AvgIpc) is 2.66.